The minimum atomic E-state index is -3.78. The first-order chi connectivity index (χ1) is 12.8. The fraction of sp³-hybridized carbons (Fsp3) is 0.150. The zero-order valence-electron chi connectivity index (χ0n) is 14.6. The number of aromatic nitrogens is 1. The third kappa shape index (κ3) is 4.84. The van der Waals surface area contributed by atoms with Gasteiger partial charge in [-0.3, -0.25) is 4.72 Å². The van der Waals surface area contributed by atoms with Crippen molar-refractivity contribution in [1.29, 1.82) is 0 Å². The normalized spacial score (nSPS) is 11.4. The second-order valence-electron chi connectivity index (χ2n) is 6.15. The maximum Gasteiger partial charge on any atom is 0.263 e. The Morgan fingerprint density at radius 3 is 2.48 bits per heavy atom. The van der Waals surface area contributed by atoms with Crippen LogP contribution in [-0.2, 0) is 22.9 Å². The topological polar surface area (TPSA) is 59.1 Å². The molecule has 0 aliphatic rings. The van der Waals surface area contributed by atoms with Gasteiger partial charge in [-0.2, -0.15) is 0 Å². The second-order valence-corrected chi connectivity index (χ2v) is 8.21. The van der Waals surface area contributed by atoms with Gasteiger partial charge < -0.3 is 0 Å². The smallest absolute Gasteiger partial charge is 0.263 e. The minimum absolute atomic E-state index is 0.118. The highest BCUT2D eigenvalue weighted by Crippen LogP contribution is 2.24. The first-order valence-electron chi connectivity index (χ1n) is 8.32. The number of pyridine rings is 1. The van der Waals surface area contributed by atoms with Crippen molar-refractivity contribution in [3.8, 4) is 0 Å². The van der Waals surface area contributed by atoms with Gasteiger partial charge in [0.15, 0.2) is 0 Å². The van der Waals surface area contributed by atoms with Crippen LogP contribution in [0.5, 0.6) is 0 Å². The highest BCUT2D eigenvalue weighted by atomic mass is 35.5. The van der Waals surface area contributed by atoms with Crippen molar-refractivity contribution in [2.75, 3.05) is 4.72 Å². The van der Waals surface area contributed by atoms with Crippen LogP contribution in [0.4, 0.5) is 10.2 Å². The molecule has 3 rings (SSSR count). The third-order valence-corrected chi connectivity index (χ3v) is 6.07. The van der Waals surface area contributed by atoms with Crippen molar-refractivity contribution < 1.29 is 12.8 Å². The van der Waals surface area contributed by atoms with E-state index in [-0.39, 0.29) is 16.5 Å². The molecule has 2 aromatic carbocycles. The Kier molecular flexibility index (Phi) is 5.77. The van der Waals surface area contributed by atoms with Gasteiger partial charge in [0.25, 0.3) is 10.0 Å². The summed E-state index contributed by atoms with van der Waals surface area (Å²) in [5.74, 6) is -0.0319. The summed E-state index contributed by atoms with van der Waals surface area (Å²) >= 11 is 6.01. The first kappa shape index (κ1) is 19.3. The van der Waals surface area contributed by atoms with E-state index in [1.807, 2.05) is 6.07 Å². The minimum Gasteiger partial charge on any atom is -0.263 e. The van der Waals surface area contributed by atoms with E-state index in [9.17, 15) is 12.8 Å². The zero-order chi connectivity index (χ0) is 19.4. The highest BCUT2D eigenvalue weighted by molar-refractivity contribution is 7.92. The number of sulfonamides is 1. The summed E-state index contributed by atoms with van der Waals surface area (Å²) in [5, 5.41) is 0.388. The van der Waals surface area contributed by atoms with Gasteiger partial charge in [-0.15, -0.1) is 0 Å². The van der Waals surface area contributed by atoms with E-state index in [1.54, 1.807) is 43.5 Å². The monoisotopic (exact) mass is 404 g/mol. The van der Waals surface area contributed by atoms with Crippen molar-refractivity contribution >= 4 is 27.4 Å². The van der Waals surface area contributed by atoms with Gasteiger partial charge in [0.05, 0.1) is 4.90 Å². The molecular weight excluding hydrogens is 387 g/mol. The average molecular weight is 405 g/mol. The summed E-state index contributed by atoms with van der Waals surface area (Å²) in [4.78, 5) is 4.29. The molecule has 0 bridgehead atoms. The molecule has 0 saturated carbocycles. The van der Waals surface area contributed by atoms with Gasteiger partial charge in [0, 0.05) is 11.2 Å². The Bertz CT molecular complexity index is 1050. The molecule has 1 heterocycles. The number of nitrogens with one attached hydrogen (secondary N) is 1. The molecule has 0 unspecified atom stereocenters. The summed E-state index contributed by atoms with van der Waals surface area (Å²) in [6.45, 7) is 1.65. The summed E-state index contributed by atoms with van der Waals surface area (Å²) < 4.78 is 40.8. The van der Waals surface area contributed by atoms with Gasteiger partial charge in [-0.25, -0.2) is 17.8 Å². The lowest BCUT2D eigenvalue weighted by molar-refractivity contribution is 0.600. The number of hydrogen-bond acceptors (Lipinski definition) is 3. The first-order valence-corrected chi connectivity index (χ1v) is 10.2. The molecule has 0 radical (unpaired) electrons. The summed E-state index contributed by atoms with van der Waals surface area (Å²) in [6.07, 6.45) is 2.96. The third-order valence-electron chi connectivity index (χ3n) is 4.16. The predicted molar refractivity (Wildman–Crippen MR) is 105 cm³/mol. The highest BCUT2D eigenvalue weighted by Gasteiger charge is 2.18. The Hall–Kier alpha value is -2.44. The molecule has 0 atom stereocenters. The van der Waals surface area contributed by atoms with Crippen LogP contribution >= 0.6 is 11.6 Å². The zero-order valence-corrected chi connectivity index (χ0v) is 16.2. The van der Waals surface area contributed by atoms with Gasteiger partial charge in [0.1, 0.15) is 11.6 Å². The molecule has 0 amide bonds. The van der Waals surface area contributed by atoms with Crippen molar-refractivity contribution in [1.82, 2.24) is 4.98 Å². The van der Waals surface area contributed by atoms with E-state index >= 15 is 0 Å². The van der Waals surface area contributed by atoms with Crippen molar-refractivity contribution in [2.45, 2.75) is 24.7 Å². The van der Waals surface area contributed by atoms with E-state index in [0.717, 1.165) is 11.1 Å². The molecule has 1 N–H and O–H groups in total. The van der Waals surface area contributed by atoms with Crippen LogP contribution in [0.1, 0.15) is 16.7 Å². The maximum absolute atomic E-state index is 13.2. The maximum atomic E-state index is 13.2. The molecule has 27 heavy (non-hydrogen) atoms. The molecule has 3 aromatic rings. The molecule has 0 aliphatic carbocycles. The standard InChI is InChI=1S/C20H18ClFN2O2S/c1-14-18(21)6-3-7-19(14)27(25,26)24-20-11-10-16(13-23-20)9-8-15-4-2-5-17(22)12-15/h2-7,10-13H,8-9H2,1H3,(H,23,24). The molecule has 0 fully saturated rings. The van der Waals surface area contributed by atoms with Crippen molar-refractivity contribution in [3.05, 3.63) is 88.3 Å². The average Bonchev–Trinajstić information content (AvgIpc) is 2.63. The summed E-state index contributed by atoms with van der Waals surface area (Å²) in [7, 11) is -3.78. The number of aryl methyl sites for hydroxylation is 2. The van der Waals surface area contributed by atoms with E-state index in [4.69, 9.17) is 11.6 Å². The van der Waals surface area contributed by atoms with E-state index in [0.29, 0.717) is 23.4 Å². The number of benzene rings is 2. The quantitative estimate of drug-likeness (QED) is 0.643. The SMILES string of the molecule is Cc1c(Cl)cccc1S(=O)(=O)Nc1ccc(CCc2cccc(F)c2)cn1. The van der Waals surface area contributed by atoms with Crippen LogP contribution in [0.15, 0.2) is 65.7 Å². The predicted octanol–water partition coefficient (Wildman–Crippen LogP) is 4.77. The Morgan fingerprint density at radius 2 is 1.78 bits per heavy atom. The van der Waals surface area contributed by atoms with Gasteiger partial charge in [0.2, 0.25) is 0 Å². The Labute approximate surface area is 163 Å². The van der Waals surface area contributed by atoms with E-state index in [2.05, 4.69) is 9.71 Å². The molecule has 140 valence electrons. The van der Waals surface area contributed by atoms with Crippen molar-refractivity contribution in [3.63, 3.8) is 0 Å². The van der Waals surface area contributed by atoms with Crippen LogP contribution in [0.3, 0.4) is 0 Å². The van der Waals surface area contributed by atoms with Gasteiger partial charge in [-0.05, 0) is 66.8 Å². The van der Waals surface area contributed by atoms with E-state index in [1.165, 1.54) is 18.2 Å². The fourth-order valence-corrected chi connectivity index (χ4v) is 4.19. The largest absolute Gasteiger partial charge is 0.263 e. The number of anilines is 1. The molecule has 4 nitrogen and oxygen atoms in total. The second kappa shape index (κ2) is 8.06. The number of rotatable bonds is 6. The number of halogens is 2. The lowest BCUT2D eigenvalue weighted by Crippen LogP contribution is -2.15. The van der Waals surface area contributed by atoms with E-state index < -0.39 is 10.0 Å². The molecule has 7 heteroatoms. The van der Waals surface area contributed by atoms with Crippen LogP contribution < -0.4 is 4.72 Å². The molecule has 0 saturated heterocycles. The van der Waals surface area contributed by atoms with Crippen LogP contribution in [-0.4, -0.2) is 13.4 Å². The van der Waals surface area contributed by atoms with Gasteiger partial charge in [-0.1, -0.05) is 35.9 Å². The number of nitrogens with zero attached hydrogens (tertiary/aromatic N) is 1. The molecular formula is C20H18ClFN2O2S. The number of hydrogen-bond donors (Lipinski definition) is 1. The Morgan fingerprint density at radius 1 is 1.04 bits per heavy atom. The van der Waals surface area contributed by atoms with Crippen LogP contribution in [0.25, 0.3) is 0 Å². The lowest BCUT2D eigenvalue weighted by atomic mass is 10.1. The molecule has 0 aliphatic heterocycles. The Balaban J connectivity index is 1.69. The summed E-state index contributed by atoms with van der Waals surface area (Å²) in [5.41, 5.74) is 2.32. The van der Waals surface area contributed by atoms with Crippen molar-refractivity contribution in [2.24, 2.45) is 0 Å². The summed E-state index contributed by atoms with van der Waals surface area (Å²) in [6, 6.07) is 14.6. The molecule has 1 aromatic heterocycles. The molecule has 0 spiro atoms. The van der Waals surface area contributed by atoms with Crippen LogP contribution in [0.2, 0.25) is 5.02 Å². The van der Waals surface area contributed by atoms with Crippen LogP contribution in [0, 0.1) is 12.7 Å². The van der Waals surface area contributed by atoms with Gasteiger partial charge >= 0.3 is 0 Å². The fourth-order valence-electron chi connectivity index (χ4n) is 2.69. The lowest BCUT2D eigenvalue weighted by Gasteiger charge is -2.11.